The number of rotatable bonds is 5. The summed E-state index contributed by atoms with van der Waals surface area (Å²) < 4.78 is 6.80. The Bertz CT molecular complexity index is 1020. The van der Waals surface area contributed by atoms with Crippen LogP contribution in [0.4, 0.5) is 5.00 Å². The Kier molecular flexibility index (Phi) is 7.52. The van der Waals surface area contributed by atoms with Crippen LogP contribution in [0.2, 0.25) is 0 Å². The van der Waals surface area contributed by atoms with Gasteiger partial charge in [0.15, 0.2) is 5.11 Å². The summed E-state index contributed by atoms with van der Waals surface area (Å²) in [4.78, 5) is 31.4. The molecule has 1 aliphatic heterocycles. The first-order valence-electron chi connectivity index (χ1n) is 10.3. The van der Waals surface area contributed by atoms with Gasteiger partial charge in [0.2, 0.25) is 0 Å². The van der Waals surface area contributed by atoms with E-state index in [1.807, 2.05) is 18.7 Å². The molecule has 1 N–H and O–H groups in total. The van der Waals surface area contributed by atoms with Crippen LogP contribution < -0.4 is 5.32 Å². The predicted molar refractivity (Wildman–Crippen MR) is 129 cm³/mol. The van der Waals surface area contributed by atoms with Gasteiger partial charge in [0, 0.05) is 65.6 Å². The molecule has 32 heavy (non-hydrogen) atoms. The summed E-state index contributed by atoms with van der Waals surface area (Å²) in [5.41, 5.74) is 3.24. The number of piperazine rings is 1. The average Bonchev–Trinajstić information content (AvgIpc) is 3.24. The van der Waals surface area contributed by atoms with Crippen molar-refractivity contribution in [2.45, 2.75) is 20.4 Å². The van der Waals surface area contributed by atoms with Crippen LogP contribution in [0.1, 0.15) is 36.9 Å². The number of ether oxygens (including phenoxy) is 1. The highest BCUT2D eigenvalue weighted by Crippen LogP contribution is 2.34. The second-order valence-corrected chi connectivity index (χ2v) is 9.47. The second-order valence-electron chi connectivity index (χ2n) is 8.06. The average molecular weight is 479 g/mol. The second kappa shape index (κ2) is 9.97. The molecule has 0 spiro atoms. The van der Waals surface area contributed by atoms with E-state index in [-0.39, 0.29) is 5.91 Å². The normalized spacial score (nSPS) is 14.4. The van der Waals surface area contributed by atoms with Crippen LogP contribution in [-0.2, 0) is 18.3 Å². The van der Waals surface area contributed by atoms with Crippen molar-refractivity contribution in [3.63, 3.8) is 0 Å². The van der Waals surface area contributed by atoms with Crippen LogP contribution >= 0.6 is 23.6 Å². The monoisotopic (exact) mass is 478 g/mol. The predicted octanol–water partition coefficient (Wildman–Crippen LogP) is 2.10. The summed E-state index contributed by atoms with van der Waals surface area (Å²) in [6.45, 7) is 7.93. The van der Waals surface area contributed by atoms with Crippen molar-refractivity contribution in [3.05, 3.63) is 33.5 Å². The number of hydrogen-bond acceptors (Lipinski definition) is 7. The highest BCUT2D eigenvalue weighted by Gasteiger charge is 2.28. The lowest BCUT2D eigenvalue weighted by Crippen LogP contribution is -2.49. The molecule has 9 nitrogen and oxygen atoms in total. The van der Waals surface area contributed by atoms with Crippen molar-refractivity contribution in [2.24, 2.45) is 7.05 Å². The van der Waals surface area contributed by atoms with Gasteiger partial charge in [-0.2, -0.15) is 5.10 Å². The molecule has 2 aromatic rings. The van der Waals surface area contributed by atoms with Gasteiger partial charge >= 0.3 is 5.97 Å². The van der Waals surface area contributed by atoms with Crippen LogP contribution in [-0.4, -0.2) is 88.9 Å². The summed E-state index contributed by atoms with van der Waals surface area (Å²) in [6, 6.07) is 0. The van der Waals surface area contributed by atoms with Gasteiger partial charge in [-0.25, -0.2) is 4.79 Å². The van der Waals surface area contributed by atoms with Gasteiger partial charge in [0.1, 0.15) is 5.00 Å². The van der Waals surface area contributed by atoms with Crippen LogP contribution in [0.5, 0.6) is 0 Å². The maximum absolute atomic E-state index is 12.5. The van der Waals surface area contributed by atoms with Gasteiger partial charge in [0.25, 0.3) is 5.91 Å². The van der Waals surface area contributed by atoms with Gasteiger partial charge in [0.05, 0.1) is 23.2 Å². The first kappa shape index (κ1) is 24.1. The highest BCUT2D eigenvalue weighted by molar-refractivity contribution is 7.80. The van der Waals surface area contributed by atoms with Crippen LogP contribution in [0.25, 0.3) is 0 Å². The molecule has 1 saturated heterocycles. The fourth-order valence-electron chi connectivity index (χ4n) is 3.69. The zero-order chi connectivity index (χ0) is 23.6. The third-order valence-corrected chi connectivity index (χ3v) is 7.08. The summed E-state index contributed by atoms with van der Waals surface area (Å²) in [5, 5.41) is 8.69. The standard InChI is InChI=1S/C21H30N6O3S2/c1-13-16(20(29)30-6)18(32-17(13)19(28)24(3)4)22-21(31)27-9-7-26(8-10-27)12-15-11-25(5)23-14(15)2/h11H,7-10,12H2,1-6H3,(H,22,31). The molecule has 3 heterocycles. The van der Waals surface area contributed by atoms with Crippen molar-refractivity contribution < 1.29 is 14.3 Å². The van der Waals surface area contributed by atoms with E-state index in [4.69, 9.17) is 17.0 Å². The number of carbonyl (C=O) groups excluding carboxylic acids is 2. The van der Waals surface area contributed by atoms with E-state index < -0.39 is 5.97 Å². The number of amides is 1. The zero-order valence-electron chi connectivity index (χ0n) is 19.4. The molecule has 0 bridgehead atoms. The van der Waals surface area contributed by atoms with Gasteiger partial charge in [-0.05, 0) is 31.6 Å². The topological polar surface area (TPSA) is 82.9 Å². The van der Waals surface area contributed by atoms with E-state index in [0.29, 0.717) is 26.1 Å². The molecule has 11 heteroatoms. The van der Waals surface area contributed by atoms with E-state index in [1.165, 1.54) is 28.9 Å². The Balaban J connectivity index is 1.68. The first-order chi connectivity index (χ1) is 15.1. The van der Waals surface area contributed by atoms with Crippen molar-refractivity contribution in [1.82, 2.24) is 24.5 Å². The molecule has 0 radical (unpaired) electrons. The van der Waals surface area contributed by atoms with E-state index in [2.05, 4.69) is 26.4 Å². The summed E-state index contributed by atoms with van der Waals surface area (Å²) >= 11 is 6.87. The number of carbonyl (C=O) groups is 2. The Morgan fingerprint density at radius 2 is 1.91 bits per heavy atom. The molecule has 1 fully saturated rings. The lowest BCUT2D eigenvalue weighted by Gasteiger charge is -2.36. The molecule has 1 aliphatic rings. The molecule has 0 aliphatic carbocycles. The molecule has 3 rings (SSSR count). The molecular formula is C21H30N6O3S2. The minimum Gasteiger partial charge on any atom is -0.465 e. The maximum atomic E-state index is 12.5. The SMILES string of the molecule is COC(=O)c1c(NC(=S)N2CCN(Cc3cn(C)nc3C)CC2)sc(C(=O)N(C)C)c1C. The third-order valence-electron chi connectivity index (χ3n) is 5.53. The van der Waals surface area contributed by atoms with Crippen LogP contribution in [0, 0.1) is 13.8 Å². The maximum Gasteiger partial charge on any atom is 0.341 e. The number of esters is 1. The molecule has 174 valence electrons. The summed E-state index contributed by atoms with van der Waals surface area (Å²) in [5.74, 6) is -0.644. The smallest absolute Gasteiger partial charge is 0.341 e. The zero-order valence-corrected chi connectivity index (χ0v) is 21.0. The fourth-order valence-corrected chi connectivity index (χ4v) is 5.25. The van der Waals surface area contributed by atoms with Crippen molar-refractivity contribution in [2.75, 3.05) is 52.7 Å². The Morgan fingerprint density at radius 3 is 2.44 bits per heavy atom. The van der Waals surface area contributed by atoms with Gasteiger partial charge in [-0.3, -0.25) is 14.4 Å². The Morgan fingerprint density at radius 1 is 1.25 bits per heavy atom. The number of thiophene rings is 1. The number of thiocarbonyl (C=S) groups is 1. The fraction of sp³-hybridized carbons (Fsp3) is 0.524. The quantitative estimate of drug-likeness (QED) is 0.517. The minimum absolute atomic E-state index is 0.157. The largest absolute Gasteiger partial charge is 0.465 e. The van der Waals surface area contributed by atoms with Gasteiger partial charge < -0.3 is 19.9 Å². The molecule has 0 aromatic carbocycles. The molecule has 0 unspecified atom stereocenters. The first-order valence-corrected chi connectivity index (χ1v) is 11.6. The molecule has 2 aromatic heterocycles. The number of methoxy groups -OCH3 is 1. The molecule has 0 saturated carbocycles. The Labute approximate surface area is 197 Å². The summed E-state index contributed by atoms with van der Waals surface area (Å²) in [6.07, 6.45) is 2.06. The number of anilines is 1. The minimum atomic E-state index is -0.487. The van der Waals surface area contributed by atoms with E-state index >= 15 is 0 Å². The van der Waals surface area contributed by atoms with E-state index in [9.17, 15) is 9.59 Å². The highest BCUT2D eigenvalue weighted by atomic mass is 32.1. The Hall–Kier alpha value is -2.50. The van der Waals surface area contributed by atoms with Crippen molar-refractivity contribution in [3.8, 4) is 0 Å². The van der Waals surface area contributed by atoms with Crippen LogP contribution in [0.3, 0.4) is 0 Å². The van der Waals surface area contributed by atoms with Gasteiger partial charge in [-0.15, -0.1) is 11.3 Å². The van der Waals surface area contributed by atoms with Crippen molar-refractivity contribution >= 4 is 45.5 Å². The number of aryl methyl sites for hydroxylation is 2. The summed E-state index contributed by atoms with van der Waals surface area (Å²) in [7, 11) is 6.64. The number of nitrogens with one attached hydrogen (secondary N) is 1. The lowest BCUT2D eigenvalue weighted by molar-refractivity contribution is 0.0601. The molecular weight excluding hydrogens is 448 g/mol. The van der Waals surface area contributed by atoms with Gasteiger partial charge in [-0.1, -0.05) is 0 Å². The van der Waals surface area contributed by atoms with E-state index in [1.54, 1.807) is 21.0 Å². The number of aromatic nitrogens is 2. The van der Waals surface area contributed by atoms with E-state index in [0.717, 1.165) is 38.4 Å². The third kappa shape index (κ3) is 5.11. The number of hydrogen-bond donors (Lipinski definition) is 1. The molecule has 0 atom stereocenters. The molecule has 1 amide bonds. The van der Waals surface area contributed by atoms with Crippen molar-refractivity contribution in [1.29, 1.82) is 0 Å². The number of nitrogens with zero attached hydrogens (tertiary/aromatic N) is 5. The lowest BCUT2D eigenvalue weighted by atomic mass is 10.1. The van der Waals surface area contributed by atoms with Crippen LogP contribution in [0.15, 0.2) is 6.20 Å².